The zero-order valence-corrected chi connectivity index (χ0v) is 21.3. The molecule has 3 aromatic carbocycles. The summed E-state index contributed by atoms with van der Waals surface area (Å²) in [6.45, 7) is 5.50. The van der Waals surface area contributed by atoms with Crippen molar-refractivity contribution in [1.82, 2.24) is 4.90 Å². The first-order valence-corrected chi connectivity index (χ1v) is 12.4. The fraction of sp³-hybridized carbons (Fsp3) is 0.345. The summed E-state index contributed by atoms with van der Waals surface area (Å²) >= 11 is 6.74. The Balaban J connectivity index is 1.69. The highest BCUT2D eigenvalue weighted by molar-refractivity contribution is 6.31. The molecule has 1 heterocycles. The lowest BCUT2D eigenvalue weighted by Crippen LogP contribution is -2.39. The molecule has 1 unspecified atom stereocenters. The van der Waals surface area contributed by atoms with Crippen LogP contribution in [0.3, 0.4) is 0 Å². The van der Waals surface area contributed by atoms with Crippen molar-refractivity contribution in [2.24, 2.45) is 0 Å². The Labute approximate surface area is 212 Å². The van der Waals surface area contributed by atoms with Gasteiger partial charge in [-0.15, -0.1) is 0 Å². The monoisotopic (exact) mass is 493 g/mol. The van der Waals surface area contributed by atoms with Gasteiger partial charge in [0.2, 0.25) is 0 Å². The number of methoxy groups -OCH3 is 1. The number of halogens is 1. The SMILES string of the molecule is CCC(=O)CN1CCc2cc(OC)c(OCCc3cccc(O)c3)cc2C1c1ccc(C)cc1Cl. The number of carbonyl (C=O) groups is 1. The Morgan fingerprint density at radius 2 is 1.94 bits per heavy atom. The van der Waals surface area contributed by atoms with Crippen molar-refractivity contribution in [1.29, 1.82) is 0 Å². The van der Waals surface area contributed by atoms with E-state index >= 15 is 0 Å². The van der Waals surface area contributed by atoms with Gasteiger partial charge in [-0.25, -0.2) is 0 Å². The molecule has 0 aliphatic carbocycles. The number of hydrogen-bond acceptors (Lipinski definition) is 5. The van der Waals surface area contributed by atoms with Crippen LogP contribution < -0.4 is 9.47 Å². The molecule has 0 radical (unpaired) electrons. The molecule has 1 atom stereocenters. The van der Waals surface area contributed by atoms with E-state index in [0.717, 1.165) is 35.2 Å². The van der Waals surface area contributed by atoms with Crippen LogP contribution in [0.1, 0.15) is 47.2 Å². The molecule has 4 rings (SSSR count). The first-order chi connectivity index (χ1) is 16.9. The quantitative estimate of drug-likeness (QED) is 0.401. The maximum absolute atomic E-state index is 12.4. The van der Waals surface area contributed by atoms with Gasteiger partial charge in [0, 0.05) is 24.4 Å². The smallest absolute Gasteiger partial charge is 0.161 e. The highest BCUT2D eigenvalue weighted by Gasteiger charge is 2.32. The molecular weight excluding hydrogens is 462 g/mol. The van der Waals surface area contributed by atoms with Crippen LogP contribution in [0.15, 0.2) is 54.6 Å². The zero-order chi connectivity index (χ0) is 24.9. The standard InChI is InChI=1S/C29H32ClNO4/c1-4-22(32)18-31-12-10-21-16-27(34-3)28(35-13-11-20-6-5-7-23(33)15-20)17-25(21)29(31)24-9-8-19(2)14-26(24)30/h5-9,14-17,29,33H,4,10-13,18H2,1-3H3. The van der Waals surface area contributed by atoms with Gasteiger partial charge in [-0.1, -0.05) is 42.8 Å². The number of carbonyl (C=O) groups excluding carboxylic acids is 1. The first-order valence-electron chi connectivity index (χ1n) is 12.0. The number of nitrogens with zero attached hydrogens (tertiary/aromatic N) is 1. The second-order valence-corrected chi connectivity index (χ2v) is 9.42. The second-order valence-electron chi connectivity index (χ2n) is 9.01. The van der Waals surface area contributed by atoms with E-state index in [9.17, 15) is 9.90 Å². The number of aromatic hydroxyl groups is 1. The van der Waals surface area contributed by atoms with Crippen molar-refractivity contribution < 1.29 is 19.4 Å². The first kappa shape index (κ1) is 25.1. The Hall–Kier alpha value is -3.02. The second kappa shape index (κ2) is 11.1. The summed E-state index contributed by atoms with van der Waals surface area (Å²) in [5.74, 6) is 1.79. The van der Waals surface area contributed by atoms with Gasteiger partial charge in [0.25, 0.3) is 0 Å². The molecule has 35 heavy (non-hydrogen) atoms. The predicted molar refractivity (Wildman–Crippen MR) is 139 cm³/mol. The Kier molecular flexibility index (Phi) is 7.99. The van der Waals surface area contributed by atoms with Crippen molar-refractivity contribution in [2.45, 2.75) is 39.2 Å². The number of rotatable bonds is 9. The number of hydrogen-bond donors (Lipinski definition) is 1. The molecule has 1 N–H and O–H groups in total. The Morgan fingerprint density at radius 3 is 2.66 bits per heavy atom. The molecule has 0 saturated heterocycles. The molecule has 0 spiro atoms. The van der Waals surface area contributed by atoms with E-state index in [-0.39, 0.29) is 17.6 Å². The van der Waals surface area contributed by atoms with Crippen molar-refractivity contribution >= 4 is 17.4 Å². The van der Waals surface area contributed by atoms with E-state index in [1.807, 2.05) is 44.2 Å². The molecular formula is C29H32ClNO4. The lowest BCUT2D eigenvalue weighted by Gasteiger charge is -2.38. The minimum absolute atomic E-state index is 0.151. The number of Topliss-reactive ketones (excluding diaryl/α,β-unsaturated/α-hetero) is 1. The van der Waals surface area contributed by atoms with Crippen molar-refractivity contribution in [3.8, 4) is 17.2 Å². The molecule has 0 aromatic heterocycles. The van der Waals surface area contributed by atoms with Crippen LogP contribution in [0, 0.1) is 6.92 Å². The third kappa shape index (κ3) is 5.80. The van der Waals surface area contributed by atoms with E-state index in [1.54, 1.807) is 19.2 Å². The van der Waals surface area contributed by atoms with Gasteiger partial charge < -0.3 is 14.6 Å². The lowest BCUT2D eigenvalue weighted by molar-refractivity contribution is -0.120. The number of phenols is 1. The van der Waals surface area contributed by atoms with Crippen LogP contribution >= 0.6 is 11.6 Å². The average molecular weight is 494 g/mol. The maximum Gasteiger partial charge on any atom is 0.161 e. The van der Waals surface area contributed by atoms with E-state index in [0.29, 0.717) is 42.5 Å². The van der Waals surface area contributed by atoms with Crippen molar-refractivity contribution in [3.63, 3.8) is 0 Å². The highest BCUT2D eigenvalue weighted by atomic mass is 35.5. The fourth-order valence-corrected chi connectivity index (χ4v) is 5.01. The predicted octanol–water partition coefficient (Wildman–Crippen LogP) is 5.91. The summed E-state index contributed by atoms with van der Waals surface area (Å²) < 4.78 is 11.8. The van der Waals surface area contributed by atoms with Gasteiger partial charge in [0.05, 0.1) is 26.3 Å². The van der Waals surface area contributed by atoms with Crippen LogP contribution in [-0.4, -0.2) is 42.6 Å². The number of fused-ring (bicyclic) bond motifs is 1. The molecule has 1 aliphatic rings. The molecule has 0 amide bonds. The van der Waals surface area contributed by atoms with E-state index in [4.69, 9.17) is 21.1 Å². The summed E-state index contributed by atoms with van der Waals surface area (Å²) in [4.78, 5) is 14.7. The third-order valence-corrected chi connectivity index (χ3v) is 6.86. The number of benzene rings is 3. The molecule has 0 saturated carbocycles. The van der Waals surface area contributed by atoms with Gasteiger partial charge in [-0.05, 0) is 71.5 Å². The van der Waals surface area contributed by atoms with E-state index < -0.39 is 0 Å². The van der Waals surface area contributed by atoms with Gasteiger partial charge in [-0.2, -0.15) is 0 Å². The zero-order valence-electron chi connectivity index (χ0n) is 20.5. The van der Waals surface area contributed by atoms with Gasteiger partial charge in [-0.3, -0.25) is 9.69 Å². The summed E-state index contributed by atoms with van der Waals surface area (Å²) in [7, 11) is 1.65. The molecule has 6 heteroatoms. The van der Waals surface area contributed by atoms with Crippen LogP contribution in [-0.2, 0) is 17.6 Å². The minimum Gasteiger partial charge on any atom is -0.508 e. The van der Waals surface area contributed by atoms with Gasteiger partial charge in [0.15, 0.2) is 11.5 Å². The molecule has 3 aromatic rings. The van der Waals surface area contributed by atoms with Crippen LogP contribution in [0.2, 0.25) is 5.02 Å². The fourth-order valence-electron chi connectivity index (χ4n) is 4.67. The molecule has 1 aliphatic heterocycles. The van der Waals surface area contributed by atoms with Crippen LogP contribution in [0.25, 0.3) is 0 Å². The van der Waals surface area contributed by atoms with Gasteiger partial charge in [0.1, 0.15) is 11.5 Å². The highest BCUT2D eigenvalue weighted by Crippen LogP contribution is 2.43. The Morgan fingerprint density at radius 1 is 1.11 bits per heavy atom. The largest absolute Gasteiger partial charge is 0.508 e. The lowest BCUT2D eigenvalue weighted by atomic mass is 9.87. The summed E-state index contributed by atoms with van der Waals surface area (Å²) in [6.07, 6.45) is 1.97. The molecule has 184 valence electrons. The summed E-state index contributed by atoms with van der Waals surface area (Å²) in [5, 5.41) is 10.4. The maximum atomic E-state index is 12.4. The minimum atomic E-state index is -0.151. The number of aryl methyl sites for hydroxylation is 1. The number of ether oxygens (including phenoxy) is 2. The van der Waals surface area contributed by atoms with Crippen LogP contribution in [0.4, 0.5) is 0 Å². The summed E-state index contributed by atoms with van der Waals surface area (Å²) in [6, 6.07) is 17.2. The molecule has 0 bridgehead atoms. The van der Waals surface area contributed by atoms with Crippen molar-refractivity contribution in [3.05, 3.63) is 87.4 Å². The normalized spacial score (nSPS) is 15.5. The van der Waals surface area contributed by atoms with Gasteiger partial charge >= 0.3 is 0 Å². The van der Waals surface area contributed by atoms with E-state index in [2.05, 4.69) is 17.0 Å². The van der Waals surface area contributed by atoms with Crippen molar-refractivity contribution in [2.75, 3.05) is 26.8 Å². The molecule has 0 fully saturated rings. The van der Waals surface area contributed by atoms with E-state index in [1.165, 1.54) is 5.56 Å². The Bertz CT molecular complexity index is 1210. The molecule has 5 nitrogen and oxygen atoms in total. The number of phenolic OH excluding ortho intramolecular Hbond substituents is 1. The average Bonchev–Trinajstić information content (AvgIpc) is 2.84. The van der Waals surface area contributed by atoms with Crippen LogP contribution in [0.5, 0.6) is 17.2 Å². The number of ketones is 1. The third-order valence-electron chi connectivity index (χ3n) is 6.54. The topological polar surface area (TPSA) is 59.0 Å². The summed E-state index contributed by atoms with van der Waals surface area (Å²) in [5.41, 5.74) is 5.33.